The Kier molecular flexibility index (Phi) is 2.04. The largest absolute Gasteiger partial charge is 0.504 e. The molecule has 0 spiro atoms. The lowest BCUT2D eigenvalue weighted by Crippen LogP contribution is -2.09. The summed E-state index contributed by atoms with van der Waals surface area (Å²) in [6, 6.07) is 1.21. The standard InChI is InChI=1S/C9H7BrF2O2/c10-5-3-4(9(14)1-2-9)6(11)7(12)8(5)13/h3,13-14H,1-2H2. The number of phenolic OH excluding ortho intramolecular Hbond substituents is 1. The van der Waals surface area contributed by atoms with Gasteiger partial charge in [0.1, 0.15) is 0 Å². The van der Waals surface area contributed by atoms with E-state index in [-0.39, 0.29) is 10.0 Å². The van der Waals surface area contributed by atoms with Gasteiger partial charge in [0.2, 0.25) is 5.82 Å². The number of phenols is 1. The molecule has 0 unspecified atom stereocenters. The summed E-state index contributed by atoms with van der Waals surface area (Å²) in [4.78, 5) is 0. The number of rotatable bonds is 1. The Hall–Kier alpha value is -0.680. The van der Waals surface area contributed by atoms with Crippen LogP contribution < -0.4 is 0 Å². The third kappa shape index (κ3) is 1.31. The van der Waals surface area contributed by atoms with Gasteiger partial charge in [0.05, 0.1) is 10.1 Å². The fraction of sp³-hybridized carbons (Fsp3) is 0.333. The Morgan fingerprint density at radius 1 is 1.29 bits per heavy atom. The molecule has 0 radical (unpaired) electrons. The van der Waals surface area contributed by atoms with E-state index >= 15 is 0 Å². The first kappa shape index (κ1) is 9.86. The fourth-order valence-electron chi connectivity index (χ4n) is 1.31. The van der Waals surface area contributed by atoms with E-state index in [9.17, 15) is 13.9 Å². The Labute approximate surface area is 87.3 Å². The minimum absolute atomic E-state index is 0.0479. The molecule has 1 aromatic rings. The number of hydrogen-bond donors (Lipinski definition) is 2. The molecule has 0 aliphatic heterocycles. The SMILES string of the molecule is Oc1c(Br)cc(C2(O)CC2)c(F)c1F. The van der Waals surface area contributed by atoms with Crippen LogP contribution in [0, 0.1) is 11.6 Å². The molecule has 76 valence electrons. The molecular weight excluding hydrogens is 258 g/mol. The molecule has 2 N–H and O–H groups in total. The summed E-state index contributed by atoms with van der Waals surface area (Å²) in [7, 11) is 0. The average Bonchev–Trinajstić information content (AvgIpc) is 2.87. The van der Waals surface area contributed by atoms with Crippen LogP contribution in [0.1, 0.15) is 18.4 Å². The first-order valence-corrected chi connectivity index (χ1v) is 4.84. The Morgan fingerprint density at radius 3 is 2.36 bits per heavy atom. The molecule has 0 heterocycles. The van der Waals surface area contributed by atoms with Crippen molar-refractivity contribution >= 4 is 15.9 Å². The van der Waals surface area contributed by atoms with Crippen molar-refractivity contribution in [2.75, 3.05) is 0 Å². The third-order valence-corrected chi connectivity index (χ3v) is 2.96. The predicted octanol–water partition coefficient (Wildman–Crippen LogP) is 2.41. The number of halogens is 3. The monoisotopic (exact) mass is 264 g/mol. The molecule has 2 nitrogen and oxygen atoms in total. The Bertz CT molecular complexity index is 402. The van der Waals surface area contributed by atoms with Crippen molar-refractivity contribution in [3.05, 3.63) is 27.7 Å². The molecule has 0 atom stereocenters. The normalized spacial score (nSPS) is 18.3. The topological polar surface area (TPSA) is 40.5 Å². The molecule has 14 heavy (non-hydrogen) atoms. The maximum absolute atomic E-state index is 13.3. The van der Waals surface area contributed by atoms with Gasteiger partial charge in [-0.3, -0.25) is 0 Å². The maximum atomic E-state index is 13.3. The second-order valence-corrected chi connectivity index (χ2v) is 4.27. The molecule has 0 amide bonds. The quantitative estimate of drug-likeness (QED) is 0.765. The van der Waals surface area contributed by atoms with Crippen LogP contribution >= 0.6 is 15.9 Å². The highest BCUT2D eigenvalue weighted by Gasteiger charge is 2.45. The summed E-state index contributed by atoms with van der Waals surface area (Å²) in [5.74, 6) is -3.27. The van der Waals surface area contributed by atoms with Crippen LogP contribution in [-0.4, -0.2) is 10.2 Å². The van der Waals surface area contributed by atoms with Crippen LogP contribution in [0.15, 0.2) is 10.5 Å². The zero-order valence-electron chi connectivity index (χ0n) is 7.02. The van der Waals surface area contributed by atoms with E-state index in [1.165, 1.54) is 6.07 Å². The fourth-order valence-corrected chi connectivity index (χ4v) is 1.71. The van der Waals surface area contributed by atoms with Crippen LogP contribution in [0.25, 0.3) is 0 Å². The van der Waals surface area contributed by atoms with Crippen LogP contribution in [0.3, 0.4) is 0 Å². The first-order valence-electron chi connectivity index (χ1n) is 4.05. The molecule has 1 aliphatic rings. The van der Waals surface area contributed by atoms with Gasteiger partial charge in [0, 0.05) is 5.56 Å². The Morgan fingerprint density at radius 2 is 1.86 bits per heavy atom. The number of hydrogen-bond acceptors (Lipinski definition) is 2. The van der Waals surface area contributed by atoms with Gasteiger partial charge in [-0.2, -0.15) is 4.39 Å². The van der Waals surface area contributed by atoms with Crippen molar-refractivity contribution in [1.82, 2.24) is 0 Å². The molecule has 0 bridgehead atoms. The van der Waals surface area contributed by atoms with Crippen molar-refractivity contribution in [3.63, 3.8) is 0 Å². The van der Waals surface area contributed by atoms with E-state index in [0.717, 1.165) is 0 Å². The molecule has 0 saturated heterocycles. The summed E-state index contributed by atoms with van der Waals surface area (Å²) < 4.78 is 26.4. The molecular formula is C9H7BrF2O2. The van der Waals surface area contributed by atoms with Gasteiger partial charge in [0.25, 0.3) is 0 Å². The molecule has 1 saturated carbocycles. The third-order valence-electron chi connectivity index (χ3n) is 2.36. The molecule has 1 fully saturated rings. The van der Waals surface area contributed by atoms with Gasteiger partial charge in [-0.15, -0.1) is 0 Å². The lowest BCUT2D eigenvalue weighted by Gasteiger charge is -2.11. The highest BCUT2D eigenvalue weighted by atomic mass is 79.9. The maximum Gasteiger partial charge on any atom is 0.201 e. The average molecular weight is 265 g/mol. The molecule has 1 aromatic carbocycles. The second kappa shape index (κ2) is 2.90. The summed E-state index contributed by atoms with van der Waals surface area (Å²) >= 11 is 2.88. The zero-order valence-corrected chi connectivity index (χ0v) is 8.61. The lowest BCUT2D eigenvalue weighted by atomic mass is 10.1. The zero-order chi connectivity index (χ0) is 10.5. The first-order chi connectivity index (χ1) is 6.46. The van der Waals surface area contributed by atoms with Crippen LogP contribution in [0.4, 0.5) is 8.78 Å². The van der Waals surface area contributed by atoms with Crippen molar-refractivity contribution in [1.29, 1.82) is 0 Å². The molecule has 0 aromatic heterocycles. The number of aromatic hydroxyl groups is 1. The highest BCUT2D eigenvalue weighted by Crippen LogP contribution is 2.48. The van der Waals surface area contributed by atoms with Crippen molar-refractivity contribution in [2.24, 2.45) is 0 Å². The Balaban J connectivity index is 2.62. The second-order valence-electron chi connectivity index (χ2n) is 3.41. The number of aliphatic hydroxyl groups is 1. The van der Waals surface area contributed by atoms with E-state index in [2.05, 4.69) is 15.9 Å². The highest BCUT2D eigenvalue weighted by molar-refractivity contribution is 9.10. The summed E-state index contributed by atoms with van der Waals surface area (Å²) in [6.45, 7) is 0. The summed E-state index contributed by atoms with van der Waals surface area (Å²) in [6.07, 6.45) is 0.834. The minimum atomic E-state index is -1.32. The summed E-state index contributed by atoms with van der Waals surface area (Å²) in [5, 5.41) is 18.7. The van der Waals surface area contributed by atoms with Crippen molar-refractivity contribution < 1.29 is 19.0 Å². The van der Waals surface area contributed by atoms with Crippen molar-refractivity contribution in [3.8, 4) is 5.75 Å². The van der Waals surface area contributed by atoms with Crippen LogP contribution in [0.2, 0.25) is 0 Å². The molecule has 2 rings (SSSR count). The lowest BCUT2D eigenvalue weighted by molar-refractivity contribution is 0.145. The van der Waals surface area contributed by atoms with E-state index in [0.29, 0.717) is 12.8 Å². The van der Waals surface area contributed by atoms with E-state index in [4.69, 9.17) is 5.11 Å². The van der Waals surface area contributed by atoms with Gasteiger partial charge in [-0.1, -0.05) is 0 Å². The van der Waals surface area contributed by atoms with E-state index < -0.39 is 23.0 Å². The van der Waals surface area contributed by atoms with Crippen LogP contribution in [0.5, 0.6) is 5.75 Å². The van der Waals surface area contributed by atoms with Gasteiger partial charge in [0.15, 0.2) is 11.6 Å². The van der Waals surface area contributed by atoms with Gasteiger partial charge in [-0.05, 0) is 34.8 Å². The van der Waals surface area contributed by atoms with Gasteiger partial charge < -0.3 is 10.2 Å². The molecule has 5 heteroatoms. The minimum Gasteiger partial charge on any atom is -0.504 e. The van der Waals surface area contributed by atoms with Gasteiger partial charge in [-0.25, -0.2) is 4.39 Å². The van der Waals surface area contributed by atoms with E-state index in [1.54, 1.807) is 0 Å². The smallest absolute Gasteiger partial charge is 0.201 e. The molecule has 1 aliphatic carbocycles. The summed E-state index contributed by atoms with van der Waals surface area (Å²) in [5.41, 5.74) is -1.35. The predicted molar refractivity (Wildman–Crippen MR) is 48.9 cm³/mol. The van der Waals surface area contributed by atoms with Gasteiger partial charge >= 0.3 is 0 Å². The van der Waals surface area contributed by atoms with E-state index in [1.807, 2.05) is 0 Å². The van der Waals surface area contributed by atoms with Crippen molar-refractivity contribution in [2.45, 2.75) is 18.4 Å². The van der Waals surface area contributed by atoms with Crippen LogP contribution in [-0.2, 0) is 5.60 Å². The number of benzene rings is 1.